The van der Waals surface area contributed by atoms with Gasteiger partial charge in [-0.25, -0.2) is 0 Å². The van der Waals surface area contributed by atoms with E-state index in [1.165, 1.54) is 22.7 Å². The molecule has 2 heterocycles. The van der Waals surface area contributed by atoms with Crippen molar-refractivity contribution in [1.29, 1.82) is 0 Å². The molecular formula is C15H14F3NOS2. The topological polar surface area (TPSA) is 20.3 Å². The number of hydrogen-bond donors (Lipinski definition) is 0. The largest absolute Gasteiger partial charge is 0.406 e. The highest BCUT2D eigenvalue weighted by molar-refractivity contribution is 7.10. The number of thiophene rings is 2. The molecule has 118 valence electrons. The number of alkyl halides is 3. The molecule has 2 nitrogen and oxygen atoms in total. The second-order valence-electron chi connectivity index (χ2n) is 5.47. The molecule has 1 fully saturated rings. The number of hydrogen-bond acceptors (Lipinski definition) is 3. The third-order valence-corrected chi connectivity index (χ3v) is 5.57. The molecular weight excluding hydrogens is 331 g/mol. The smallest absolute Gasteiger partial charge is 0.328 e. The van der Waals surface area contributed by atoms with Gasteiger partial charge in [0.1, 0.15) is 6.54 Å². The van der Waals surface area contributed by atoms with E-state index in [-0.39, 0.29) is 6.54 Å². The van der Waals surface area contributed by atoms with Gasteiger partial charge in [-0.05, 0) is 46.7 Å². The van der Waals surface area contributed by atoms with Gasteiger partial charge in [0, 0.05) is 11.4 Å². The Labute approximate surface area is 134 Å². The number of carbonyl (C=O) groups is 1. The SMILES string of the molecule is O=C(N(Cc1ccsc1)CC(F)(F)F)C1(c2cccs2)CC1. The fourth-order valence-electron chi connectivity index (χ4n) is 2.56. The van der Waals surface area contributed by atoms with Crippen LogP contribution in [0.25, 0.3) is 0 Å². The van der Waals surface area contributed by atoms with Crippen molar-refractivity contribution >= 4 is 28.6 Å². The van der Waals surface area contributed by atoms with Crippen LogP contribution in [0.15, 0.2) is 34.3 Å². The summed E-state index contributed by atoms with van der Waals surface area (Å²) in [6.45, 7) is -1.19. The van der Waals surface area contributed by atoms with Crippen LogP contribution in [-0.2, 0) is 16.8 Å². The lowest BCUT2D eigenvalue weighted by atomic mass is 10.0. The summed E-state index contributed by atoms with van der Waals surface area (Å²) < 4.78 is 38.6. The van der Waals surface area contributed by atoms with Crippen LogP contribution in [-0.4, -0.2) is 23.5 Å². The average molecular weight is 345 g/mol. The van der Waals surface area contributed by atoms with Gasteiger partial charge in [0.25, 0.3) is 0 Å². The minimum absolute atomic E-state index is 0.00890. The van der Waals surface area contributed by atoms with E-state index in [9.17, 15) is 18.0 Å². The standard InChI is InChI=1S/C15H14F3NOS2/c16-15(17,18)10-19(8-11-3-7-21-9-11)13(20)14(4-5-14)12-2-1-6-22-12/h1-3,6-7,9H,4-5,8,10H2. The Morgan fingerprint density at radius 1 is 1.27 bits per heavy atom. The van der Waals surface area contributed by atoms with Crippen molar-refractivity contribution in [3.63, 3.8) is 0 Å². The first-order valence-corrected chi connectivity index (χ1v) is 8.64. The van der Waals surface area contributed by atoms with E-state index in [4.69, 9.17) is 0 Å². The Morgan fingerprint density at radius 3 is 2.55 bits per heavy atom. The summed E-state index contributed by atoms with van der Waals surface area (Å²) in [5.74, 6) is -0.404. The van der Waals surface area contributed by atoms with Gasteiger partial charge in [-0.2, -0.15) is 24.5 Å². The minimum Gasteiger partial charge on any atom is -0.328 e. The zero-order valence-electron chi connectivity index (χ0n) is 11.6. The van der Waals surface area contributed by atoms with Gasteiger partial charge in [-0.1, -0.05) is 6.07 Å². The molecule has 2 aromatic heterocycles. The fourth-order valence-corrected chi connectivity index (χ4v) is 4.20. The molecule has 22 heavy (non-hydrogen) atoms. The molecule has 0 spiro atoms. The number of halogens is 3. The summed E-state index contributed by atoms with van der Waals surface area (Å²) in [6, 6.07) is 5.43. The first-order valence-electron chi connectivity index (χ1n) is 6.82. The molecule has 2 aromatic rings. The number of amides is 1. The lowest BCUT2D eigenvalue weighted by Crippen LogP contribution is -2.43. The zero-order chi connectivity index (χ0) is 15.8. The molecule has 1 amide bonds. The molecule has 1 aliphatic carbocycles. The van der Waals surface area contributed by atoms with Crippen molar-refractivity contribution in [1.82, 2.24) is 4.90 Å². The fraction of sp³-hybridized carbons (Fsp3) is 0.400. The summed E-state index contributed by atoms with van der Waals surface area (Å²) in [4.78, 5) is 14.6. The lowest BCUT2D eigenvalue weighted by molar-refractivity contribution is -0.164. The number of rotatable bonds is 5. The average Bonchev–Trinajstić information content (AvgIpc) is 2.90. The maximum Gasteiger partial charge on any atom is 0.406 e. The quantitative estimate of drug-likeness (QED) is 0.785. The van der Waals surface area contributed by atoms with Crippen LogP contribution in [0, 0.1) is 0 Å². The molecule has 1 saturated carbocycles. The van der Waals surface area contributed by atoms with Crippen LogP contribution in [0.2, 0.25) is 0 Å². The molecule has 0 atom stereocenters. The van der Waals surface area contributed by atoms with Crippen LogP contribution in [0.5, 0.6) is 0 Å². The third kappa shape index (κ3) is 3.20. The Morgan fingerprint density at radius 2 is 2.05 bits per heavy atom. The van der Waals surface area contributed by atoms with Crippen molar-refractivity contribution in [3.05, 3.63) is 44.8 Å². The predicted molar refractivity (Wildman–Crippen MR) is 81.0 cm³/mol. The van der Waals surface area contributed by atoms with Crippen molar-refractivity contribution in [2.24, 2.45) is 0 Å². The first-order chi connectivity index (χ1) is 10.4. The van der Waals surface area contributed by atoms with Crippen LogP contribution in [0.4, 0.5) is 13.2 Å². The Kier molecular flexibility index (Phi) is 4.03. The van der Waals surface area contributed by atoms with Crippen LogP contribution in [0.1, 0.15) is 23.3 Å². The van der Waals surface area contributed by atoms with E-state index < -0.39 is 24.0 Å². The Balaban J connectivity index is 1.83. The summed E-state index contributed by atoms with van der Waals surface area (Å²) in [5.41, 5.74) is 0.0136. The van der Waals surface area contributed by atoms with Crippen LogP contribution in [0.3, 0.4) is 0 Å². The molecule has 3 rings (SSSR count). The van der Waals surface area contributed by atoms with E-state index in [0.717, 1.165) is 15.3 Å². The molecule has 0 unspecified atom stereocenters. The highest BCUT2D eigenvalue weighted by Crippen LogP contribution is 2.51. The van der Waals surface area contributed by atoms with Gasteiger partial charge in [0.2, 0.25) is 5.91 Å². The van der Waals surface area contributed by atoms with Gasteiger partial charge >= 0.3 is 6.18 Å². The maximum absolute atomic E-state index is 12.9. The van der Waals surface area contributed by atoms with E-state index in [1.54, 1.807) is 16.8 Å². The van der Waals surface area contributed by atoms with Gasteiger partial charge < -0.3 is 4.90 Å². The molecule has 7 heteroatoms. The predicted octanol–water partition coefficient (Wildman–Crippen LogP) is 4.43. The highest BCUT2D eigenvalue weighted by atomic mass is 32.1. The number of carbonyl (C=O) groups excluding carboxylic acids is 1. The second-order valence-corrected chi connectivity index (χ2v) is 7.20. The monoisotopic (exact) mass is 345 g/mol. The normalized spacial score (nSPS) is 16.5. The first kappa shape index (κ1) is 15.6. The summed E-state index contributed by atoms with van der Waals surface area (Å²) in [6.07, 6.45) is -3.13. The van der Waals surface area contributed by atoms with Crippen molar-refractivity contribution in [2.75, 3.05) is 6.54 Å². The molecule has 0 aliphatic heterocycles. The van der Waals surface area contributed by atoms with Gasteiger partial charge in [-0.3, -0.25) is 4.79 Å². The Hall–Kier alpha value is -1.34. The summed E-state index contributed by atoms with van der Waals surface area (Å²) in [5, 5.41) is 5.44. The van der Waals surface area contributed by atoms with Crippen molar-refractivity contribution in [3.8, 4) is 0 Å². The van der Waals surface area contributed by atoms with E-state index in [1.807, 2.05) is 17.5 Å². The van der Waals surface area contributed by atoms with E-state index >= 15 is 0 Å². The molecule has 1 aliphatic rings. The van der Waals surface area contributed by atoms with E-state index in [0.29, 0.717) is 12.8 Å². The van der Waals surface area contributed by atoms with Gasteiger partial charge in [-0.15, -0.1) is 11.3 Å². The zero-order valence-corrected chi connectivity index (χ0v) is 13.2. The maximum atomic E-state index is 12.9. The summed E-state index contributed by atoms with van der Waals surface area (Å²) in [7, 11) is 0. The lowest BCUT2D eigenvalue weighted by Gasteiger charge is -2.27. The van der Waals surface area contributed by atoms with Gasteiger partial charge in [0.05, 0.1) is 5.41 Å². The van der Waals surface area contributed by atoms with Crippen LogP contribution >= 0.6 is 22.7 Å². The summed E-state index contributed by atoms with van der Waals surface area (Å²) >= 11 is 2.85. The molecule has 0 aromatic carbocycles. The molecule has 0 N–H and O–H groups in total. The molecule has 0 saturated heterocycles. The molecule has 0 bridgehead atoms. The highest BCUT2D eigenvalue weighted by Gasteiger charge is 2.54. The minimum atomic E-state index is -4.39. The van der Waals surface area contributed by atoms with E-state index in [2.05, 4.69) is 0 Å². The van der Waals surface area contributed by atoms with Crippen LogP contribution < -0.4 is 0 Å². The Bertz CT molecular complexity index is 630. The van der Waals surface area contributed by atoms with Crippen molar-refractivity contribution < 1.29 is 18.0 Å². The second kappa shape index (κ2) is 5.70. The van der Waals surface area contributed by atoms with Crippen molar-refractivity contribution in [2.45, 2.75) is 31.0 Å². The van der Waals surface area contributed by atoms with Gasteiger partial charge in [0.15, 0.2) is 0 Å². The number of nitrogens with zero attached hydrogens (tertiary/aromatic N) is 1. The third-order valence-electron chi connectivity index (χ3n) is 3.76. The molecule has 0 radical (unpaired) electrons.